The zero-order valence-corrected chi connectivity index (χ0v) is 23.6. The number of benzene rings is 2. The van der Waals surface area contributed by atoms with Gasteiger partial charge in [-0.1, -0.05) is 30.3 Å². The van der Waals surface area contributed by atoms with Crippen molar-refractivity contribution < 1.29 is 33.4 Å². The minimum absolute atomic E-state index is 0.0332. The van der Waals surface area contributed by atoms with Crippen LogP contribution in [0.4, 0.5) is 4.39 Å². The summed E-state index contributed by atoms with van der Waals surface area (Å²) in [6.07, 6.45) is 0.562. The lowest BCUT2D eigenvalue weighted by atomic mass is 10.0. The molecule has 0 saturated heterocycles. The van der Waals surface area contributed by atoms with Crippen molar-refractivity contribution >= 4 is 29.5 Å². The van der Waals surface area contributed by atoms with Gasteiger partial charge in [-0.2, -0.15) is 0 Å². The van der Waals surface area contributed by atoms with Crippen molar-refractivity contribution in [1.82, 2.24) is 20.9 Å². The van der Waals surface area contributed by atoms with E-state index in [1.54, 1.807) is 30.3 Å². The van der Waals surface area contributed by atoms with E-state index in [9.17, 15) is 28.7 Å². The van der Waals surface area contributed by atoms with Gasteiger partial charge in [0.2, 0.25) is 17.7 Å². The largest absolute Gasteiger partial charge is 0.492 e. The number of nitrogens with one attached hydrogen (secondary N) is 4. The second kappa shape index (κ2) is 14.9. The van der Waals surface area contributed by atoms with Crippen LogP contribution in [0.25, 0.3) is 0 Å². The SMILES string of the molecule is CC1C(=O)NC(Cc2ccc(C(=N)N)cc2)C(=O)NCCCc2ccc(F)cc2OCCNC(CC(=O)O)C(=O)N1C. The Labute approximate surface area is 243 Å². The number of aryl methyl sites for hydroxylation is 1. The smallest absolute Gasteiger partial charge is 0.305 e. The summed E-state index contributed by atoms with van der Waals surface area (Å²) < 4.78 is 19.7. The lowest BCUT2D eigenvalue weighted by molar-refractivity contribution is -0.145. The van der Waals surface area contributed by atoms with E-state index in [1.165, 1.54) is 26.1 Å². The van der Waals surface area contributed by atoms with Gasteiger partial charge in [-0.25, -0.2) is 4.39 Å². The first-order valence-corrected chi connectivity index (χ1v) is 13.6. The Morgan fingerprint density at radius 1 is 1.12 bits per heavy atom. The Kier molecular flexibility index (Phi) is 11.4. The van der Waals surface area contributed by atoms with E-state index in [0.717, 1.165) is 4.90 Å². The number of nitrogen functional groups attached to an aromatic ring is 1. The van der Waals surface area contributed by atoms with Gasteiger partial charge in [0, 0.05) is 38.2 Å². The van der Waals surface area contributed by atoms with E-state index >= 15 is 0 Å². The number of hydrogen-bond donors (Lipinski definition) is 6. The molecule has 7 N–H and O–H groups in total. The minimum Gasteiger partial charge on any atom is -0.492 e. The van der Waals surface area contributed by atoms with E-state index in [-0.39, 0.29) is 32.0 Å². The first-order valence-electron chi connectivity index (χ1n) is 13.6. The molecule has 0 radical (unpaired) electrons. The lowest BCUT2D eigenvalue weighted by Gasteiger charge is -2.29. The maximum absolute atomic E-state index is 13.9. The predicted molar refractivity (Wildman–Crippen MR) is 153 cm³/mol. The van der Waals surface area contributed by atoms with E-state index in [4.69, 9.17) is 15.9 Å². The van der Waals surface area contributed by atoms with Crippen LogP contribution in [-0.2, 0) is 32.0 Å². The molecule has 0 spiro atoms. The second-order valence-corrected chi connectivity index (χ2v) is 10.1. The number of likely N-dealkylation sites (N-methyl/N-ethyl adjacent to an activating group) is 1. The molecule has 2 aromatic carbocycles. The van der Waals surface area contributed by atoms with Crippen LogP contribution in [0, 0.1) is 11.2 Å². The molecule has 13 heteroatoms. The summed E-state index contributed by atoms with van der Waals surface area (Å²) in [5.41, 5.74) is 7.47. The average Bonchev–Trinajstić information content (AvgIpc) is 2.95. The molecular formula is C29H37FN6O6. The Morgan fingerprint density at radius 2 is 1.83 bits per heavy atom. The lowest BCUT2D eigenvalue weighted by Crippen LogP contribution is -2.56. The van der Waals surface area contributed by atoms with E-state index < -0.39 is 54.1 Å². The molecule has 226 valence electrons. The highest BCUT2D eigenvalue weighted by Crippen LogP contribution is 2.21. The summed E-state index contributed by atoms with van der Waals surface area (Å²) in [6, 6.07) is 7.68. The molecular weight excluding hydrogens is 547 g/mol. The molecule has 3 rings (SSSR count). The van der Waals surface area contributed by atoms with E-state index in [2.05, 4.69) is 16.0 Å². The number of fused-ring (bicyclic) bond motifs is 1. The molecule has 0 aliphatic carbocycles. The van der Waals surface area contributed by atoms with Crippen molar-refractivity contribution in [3.05, 3.63) is 65.0 Å². The van der Waals surface area contributed by atoms with Crippen LogP contribution in [0.3, 0.4) is 0 Å². The number of aliphatic carboxylic acids is 1. The van der Waals surface area contributed by atoms with E-state index in [0.29, 0.717) is 35.3 Å². The number of ether oxygens (including phenoxy) is 1. The van der Waals surface area contributed by atoms with Gasteiger partial charge in [-0.15, -0.1) is 0 Å². The van der Waals surface area contributed by atoms with Gasteiger partial charge in [0.15, 0.2) is 0 Å². The number of carboxylic acid groups (broad SMARTS) is 1. The Morgan fingerprint density at radius 3 is 2.50 bits per heavy atom. The van der Waals surface area contributed by atoms with Gasteiger partial charge in [-0.05, 0) is 37.0 Å². The summed E-state index contributed by atoms with van der Waals surface area (Å²) in [5, 5.41) is 25.4. The highest BCUT2D eigenvalue weighted by Gasteiger charge is 2.32. The average molecular weight is 585 g/mol. The zero-order chi connectivity index (χ0) is 30.8. The predicted octanol–water partition coefficient (Wildman–Crippen LogP) is 0.558. The molecule has 3 atom stereocenters. The molecule has 0 bridgehead atoms. The summed E-state index contributed by atoms with van der Waals surface area (Å²) in [6.45, 7) is 1.88. The van der Waals surface area contributed by atoms with Crippen molar-refractivity contribution in [2.24, 2.45) is 5.73 Å². The maximum Gasteiger partial charge on any atom is 0.305 e. The van der Waals surface area contributed by atoms with Gasteiger partial charge >= 0.3 is 5.97 Å². The number of rotatable bonds is 5. The van der Waals surface area contributed by atoms with Gasteiger partial charge in [-0.3, -0.25) is 24.6 Å². The third-order valence-electron chi connectivity index (χ3n) is 7.02. The summed E-state index contributed by atoms with van der Waals surface area (Å²) >= 11 is 0. The molecule has 1 heterocycles. The molecule has 12 nitrogen and oxygen atoms in total. The van der Waals surface area contributed by atoms with Crippen molar-refractivity contribution in [2.45, 2.75) is 50.7 Å². The standard InChI is InChI=1S/C29H37FN6O6/c1-17-27(39)35-22(14-18-5-7-20(8-6-18)26(31)32)28(40)34-11-3-4-19-9-10-21(30)15-24(19)42-13-12-33-23(16-25(37)38)29(41)36(17)2/h5-10,15,17,22-23,33H,3-4,11-14,16H2,1-2H3,(H3,31,32)(H,34,40)(H,35,39)(H,37,38). The van der Waals surface area contributed by atoms with Gasteiger partial charge in [0.05, 0.1) is 12.5 Å². The van der Waals surface area contributed by atoms with Gasteiger partial charge < -0.3 is 36.4 Å². The number of amides is 3. The minimum atomic E-state index is -1.21. The molecule has 42 heavy (non-hydrogen) atoms. The molecule has 2 aromatic rings. The number of nitrogens with zero attached hydrogens (tertiary/aromatic N) is 1. The number of amidine groups is 1. The van der Waals surface area contributed by atoms with Gasteiger partial charge in [0.25, 0.3) is 0 Å². The Balaban J connectivity index is 1.87. The second-order valence-electron chi connectivity index (χ2n) is 10.1. The fraction of sp³-hybridized carbons (Fsp3) is 0.414. The maximum atomic E-state index is 13.9. The summed E-state index contributed by atoms with van der Waals surface area (Å²) in [7, 11) is 1.38. The first kappa shape index (κ1) is 32.0. The van der Waals surface area contributed by atoms with Crippen molar-refractivity contribution in [2.75, 3.05) is 26.7 Å². The van der Waals surface area contributed by atoms with Crippen LogP contribution in [-0.4, -0.2) is 84.4 Å². The number of carbonyl (C=O) groups is 4. The van der Waals surface area contributed by atoms with Crippen LogP contribution in [0.5, 0.6) is 5.75 Å². The van der Waals surface area contributed by atoms with Gasteiger partial charge in [0.1, 0.15) is 36.1 Å². The summed E-state index contributed by atoms with van der Waals surface area (Å²) in [4.78, 5) is 52.3. The number of carbonyl (C=O) groups excluding carboxylic acids is 3. The third kappa shape index (κ3) is 8.99. The molecule has 0 saturated carbocycles. The normalized spacial score (nSPS) is 21.2. The highest BCUT2D eigenvalue weighted by molar-refractivity contribution is 5.95. The van der Waals surface area contributed by atoms with Crippen LogP contribution in [0.1, 0.15) is 36.5 Å². The fourth-order valence-corrected chi connectivity index (χ4v) is 4.47. The number of carboxylic acids is 1. The zero-order valence-electron chi connectivity index (χ0n) is 23.6. The van der Waals surface area contributed by atoms with Crippen molar-refractivity contribution in [3.8, 4) is 5.75 Å². The topological polar surface area (TPSA) is 187 Å². The highest BCUT2D eigenvalue weighted by atomic mass is 19.1. The third-order valence-corrected chi connectivity index (χ3v) is 7.02. The van der Waals surface area contributed by atoms with Crippen molar-refractivity contribution in [3.63, 3.8) is 0 Å². The summed E-state index contributed by atoms with van der Waals surface area (Å²) in [5.74, 6) is -3.15. The van der Waals surface area contributed by atoms with Crippen LogP contribution >= 0.6 is 0 Å². The Hall–Kier alpha value is -4.52. The van der Waals surface area contributed by atoms with Crippen molar-refractivity contribution in [1.29, 1.82) is 5.41 Å². The molecule has 0 fully saturated rings. The van der Waals surface area contributed by atoms with E-state index in [1.807, 2.05) is 0 Å². The number of nitrogens with two attached hydrogens (primary N) is 1. The fourth-order valence-electron chi connectivity index (χ4n) is 4.47. The molecule has 3 unspecified atom stereocenters. The first-order chi connectivity index (χ1) is 20.0. The molecule has 0 aromatic heterocycles. The van der Waals surface area contributed by atoms with Crippen LogP contribution < -0.4 is 26.4 Å². The molecule has 1 aliphatic rings. The van der Waals surface area contributed by atoms with Crippen LogP contribution in [0.15, 0.2) is 42.5 Å². The quantitative estimate of drug-likeness (QED) is 0.217. The number of hydrogen-bond acceptors (Lipinski definition) is 7. The van der Waals surface area contributed by atoms with Crippen LogP contribution in [0.2, 0.25) is 0 Å². The monoisotopic (exact) mass is 584 g/mol. The number of halogens is 1. The molecule has 1 aliphatic heterocycles. The Bertz CT molecular complexity index is 1300. The molecule has 3 amide bonds.